The fourth-order valence-corrected chi connectivity index (χ4v) is 3.96. The molecule has 7 heteroatoms. The van der Waals surface area contributed by atoms with Gasteiger partial charge in [-0.05, 0) is 92.6 Å². The molecule has 6 nitrogen and oxygen atoms in total. The Morgan fingerprint density at radius 3 is 2.26 bits per heavy atom. The van der Waals surface area contributed by atoms with Crippen molar-refractivity contribution in [2.45, 2.75) is 39.2 Å². The van der Waals surface area contributed by atoms with Gasteiger partial charge in [0, 0.05) is 16.9 Å². The summed E-state index contributed by atoms with van der Waals surface area (Å²) in [5.74, 6) is 1.07. The highest BCUT2D eigenvalue weighted by Gasteiger charge is 2.26. The summed E-state index contributed by atoms with van der Waals surface area (Å²) >= 11 is 0. The smallest absolute Gasteiger partial charge is 0.205 e. The molecule has 0 bridgehead atoms. The molecule has 0 radical (unpaired) electrons. The lowest BCUT2D eigenvalue weighted by Gasteiger charge is -2.31. The highest BCUT2D eigenvalue weighted by molar-refractivity contribution is 6.05. The van der Waals surface area contributed by atoms with E-state index >= 15 is 0 Å². The summed E-state index contributed by atoms with van der Waals surface area (Å²) in [4.78, 5) is 9.83. The molecule has 1 unspecified atom stereocenters. The summed E-state index contributed by atoms with van der Waals surface area (Å²) in [6, 6.07) is 17.8. The Morgan fingerprint density at radius 2 is 1.63 bits per heavy atom. The van der Waals surface area contributed by atoms with Crippen molar-refractivity contribution >= 4 is 34.8 Å². The van der Waals surface area contributed by atoms with Crippen LogP contribution in [0.15, 0.2) is 71.7 Å². The van der Waals surface area contributed by atoms with E-state index in [2.05, 4.69) is 42.1 Å². The standard InChI is InChI=1S/C28H31FN4O2/c1-5-15-28(3)16-14-20-18-25(19(2)17-26(20)35-28)32-27(30-22-8-6-21(29)7-9-22)31-23-10-12-24(13-11-23)33-34-4/h6-14,16-18,33H,5,15H2,1-4H3,(H2,30,31,32). The molecule has 3 aromatic carbocycles. The summed E-state index contributed by atoms with van der Waals surface area (Å²) in [6.07, 6.45) is 6.22. The van der Waals surface area contributed by atoms with E-state index in [0.29, 0.717) is 11.6 Å². The van der Waals surface area contributed by atoms with Crippen LogP contribution in [0.2, 0.25) is 0 Å². The molecule has 1 aliphatic rings. The second kappa shape index (κ2) is 10.6. The summed E-state index contributed by atoms with van der Waals surface area (Å²) in [7, 11) is 1.56. The monoisotopic (exact) mass is 474 g/mol. The van der Waals surface area contributed by atoms with Crippen LogP contribution in [0.4, 0.5) is 27.1 Å². The number of aliphatic imine (C=N–C) groups is 1. The number of benzene rings is 3. The number of rotatable bonds is 7. The van der Waals surface area contributed by atoms with Gasteiger partial charge in [0.1, 0.15) is 17.2 Å². The minimum Gasteiger partial charge on any atom is -0.483 e. The summed E-state index contributed by atoms with van der Waals surface area (Å²) in [5.41, 5.74) is 7.64. The minimum atomic E-state index is -0.296. The van der Waals surface area contributed by atoms with Gasteiger partial charge in [-0.3, -0.25) is 10.3 Å². The number of aryl methyl sites for hydroxylation is 1. The van der Waals surface area contributed by atoms with Gasteiger partial charge in [-0.25, -0.2) is 9.38 Å². The summed E-state index contributed by atoms with van der Waals surface area (Å²) < 4.78 is 19.7. The molecule has 1 atom stereocenters. The molecule has 0 saturated carbocycles. The van der Waals surface area contributed by atoms with Gasteiger partial charge in [0.05, 0.1) is 18.5 Å². The Kier molecular flexibility index (Phi) is 7.36. The first-order chi connectivity index (χ1) is 16.9. The molecule has 182 valence electrons. The highest BCUT2D eigenvalue weighted by Crippen LogP contribution is 2.37. The number of nitrogens with zero attached hydrogens (tertiary/aromatic N) is 1. The molecule has 0 aromatic heterocycles. The molecule has 0 aliphatic carbocycles. The van der Waals surface area contributed by atoms with Crippen molar-refractivity contribution in [1.82, 2.24) is 0 Å². The van der Waals surface area contributed by atoms with Crippen LogP contribution >= 0.6 is 0 Å². The molecule has 3 aromatic rings. The van der Waals surface area contributed by atoms with E-state index in [1.165, 1.54) is 12.1 Å². The fourth-order valence-electron chi connectivity index (χ4n) is 3.96. The van der Waals surface area contributed by atoms with Gasteiger partial charge in [-0.15, -0.1) is 0 Å². The molecule has 0 amide bonds. The lowest BCUT2D eigenvalue weighted by Crippen LogP contribution is -2.31. The Labute approximate surface area is 205 Å². The number of nitrogens with one attached hydrogen (secondary N) is 3. The lowest BCUT2D eigenvalue weighted by atomic mass is 9.95. The van der Waals surface area contributed by atoms with Gasteiger partial charge in [0.25, 0.3) is 0 Å². The van der Waals surface area contributed by atoms with Crippen molar-refractivity contribution in [3.8, 4) is 5.75 Å². The molecule has 0 spiro atoms. The van der Waals surface area contributed by atoms with Gasteiger partial charge >= 0.3 is 0 Å². The number of anilines is 3. The molecule has 0 fully saturated rings. The van der Waals surface area contributed by atoms with Gasteiger partial charge < -0.3 is 15.4 Å². The minimum absolute atomic E-state index is 0.292. The summed E-state index contributed by atoms with van der Waals surface area (Å²) in [5, 5.41) is 6.59. The van der Waals surface area contributed by atoms with Crippen molar-refractivity contribution in [3.05, 3.63) is 83.7 Å². The maximum Gasteiger partial charge on any atom is 0.205 e. The third-order valence-electron chi connectivity index (χ3n) is 5.74. The third kappa shape index (κ3) is 6.19. The first-order valence-electron chi connectivity index (χ1n) is 11.7. The predicted molar refractivity (Wildman–Crippen MR) is 142 cm³/mol. The number of halogens is 1. The second-order valence-corrected chi connectivity index (χ2v) is 8.78. The van der Waals surface area contributed by atoms with Crippen LogP contribution in [-0.4, -0.2) is 18.7 Å². The Bertz CT molecular complexity index is 1220. The lowest BCUT2D eigenvalue weighted by molar-refractivity contribution is 0.126. The zero-order valence-corrected chi connectivity index (χ0v) is 20.5. The van der Waals surface area contributed by atoms with E-state index in [4.69, 9.17) is 14.6 Å². The average molecular weight is 475 g/mol. The third-order valence-corrected chi connectivity index (χ3v) is 5.74. The largest absolute Gasteiger partial charge is 0.483 e. The SMILES string of the molecule is CCCC1(C)C=Cc2cc(N=C(Nc3ccc(F)cc3)Nc3ccc(NOC)cc3)c(C)cc2O1. The number of fused-ring (bicyclic) bond motifs is 1. The molecular weight excluding hydrogens is 443 g/mol. The maximum atomic E-state index is 13.4. The first kappa shape index (κ1) is 24.3. The van der Waals surface area contributed by atoms with E-state index in [1.54, 1.807) is 19.2 Å². The predicted octanol–water partition coefficient (Wildman–Crippen LogP) is 7.28. The highest BCUT2D eigenvalue weighted by atomic mass is 19.1. The van der Waals surface area contributed by atoms with Crippen molar-refractivity contribution < 1.29 is 14.0 Å². The van der Waals surface area contributed by atoms with Crippen molar-refractivity contribution in [3.63, 3.8) is 0 Å². The Hall–Kier alpha value is -3.84. The molecule has 35 heavy (non-hydrogen) atoms. The fraction of sp³-hybridized carbons (Fsp3) is 0.250. The van der Waals surface area contributed by atoms with E-state index in [9.17, 15) is 4.39 Å². The van der Waals surface area contributed by atoms with E-state index in [0.717, 1.165) is 46.8 Å². The van der Waals surface area contributed by atoms with Crippen LogP contribution in [0, 0.1) is 12.7 Å². The van der Waals surface area contributed by atoms with Crippen LogP contribution < -0.4 is 20.9 Å². The average Bonchev–Trinajstić information content (AvgIpc) is 2.83. The number of ether oxygens (including phenoxy) is 1. The number of hydrogen-bond donors (Lipinski definition) is 3. The normalized spacial score (nSPS) is 16.9. The molecule has 1 aliphatic heterocycles. The zero-order valence-electron chi connectivity index (χ0n) is 20.5. The number of hydrogen-bond acceptors (Lipinski definition) is 4. The van der Waals surface area contributed by atoms with Crippen LogP contribution in [-0.2, 0) is 4.84 Å². The quantitative estimate of drug-likeness (QED) is 0.191. The second-order valence-electron chi connectivity index (χ2n) is 8.78. The first-order valence-corrected chi connectivity index (χ1v) is 11.7. The van der Waals surface area contributed by atoms with Gasteiger partial charge in [0.2, 0.25) is 5.96 Å². The topological polar surface area (TPSA) is 66.9 Å². The van der Waals surface area contributed by atoms with E-state index in [1.807, 2.05) is 43.3 Å². The van der Waals surface area contributed by atoms with Crippen LogP contribution in [0.1, 0.15) is 37.8 Å². The van der Waals surface area contributed by atoms with Crippen molar-refractivity contribution in [2.24, 2.45) is 4.99 Å². The number of guanidine groups is 1. The van der Waals surface area contributed by atoms with Crippen molar-refractivity contribution in [2.75, 3.05) is 23.2 Å². The molecule has 3 N–H and O–H groups in total. The Morgan fingerprint density at radius 1 is 1.00 bits per heavy atom. The zero-order chi connectivity index (χ0) is 24.8. The maximum absolute atomic E-state index is 13.4. The van der Waals surface area contributed by atoms with Crippen LogP contribution in [0.3, 0.4) is 0 Å². The molecule has 1 heterocycles. The van der Waals surface area contributed by atoms with Crippen molar-refractivity contribution in [1.29, 1.82) is 0 Å². The molecule has 4 rings (SSSR count). The molecule has 0 saturated heterocycles. The van der Waals surface area contributed by atoms with E-state index < -0.39 is 0 Å². The molecular formula is C28H31FN4O2. The van der Waals surface area contributed by atoms with Crippen LogP contribution in [0.5, 0.6) is 5.75 Å². The van der Waals surface area contributed by atoms with E-state index in [-0.39, 0.29) is 11.4 Å². The van der Waals surface area contributed by atoms with Gasteiger partial charge in [-0.1, -0.05) is 19.4 Å². The van der Waals surface area contributed by atoms with Gasteiger partial charge in [0.15, 0.2) is 0 Å². The van der Waals surface area contributed by atoms with Crippen LogP contribution in [0.25, 0.3) is 6.08 Å². The van der Waals surface area contributed by atoms with Gasteiger partial charge in [-0.2, -0.15) is 0 Å². The Balaban J connectivity index is 1.65. The summed E-state index contributed by atoms with van der Waals surface area (Å²) in [6.45, 7) is 6.28.